The third-order valence-corrected chi connectivity index (χ3v) is 4.57. The molecule has 2 amide bonds. The average molecular weight is 320 g/mol. The fraction of sp³-hybridized carbons (Fsp3) is 0.467. The SMILES string of the molecule is Cn1cncc1[C@@H]1C[C@@H](NC(=O)NCc2ccsc2)CCO1. The van der Waals surface area contributed by atoms with Gasteiger partial charge in [0, 0.05) is 26.2 Å². The van der Waals surface area contributed by atoms with Gasteiger partial charge in [-0.25, -0.2) is 9.78 Å². The number of urea groups is 1. The fourth-order valence-corrected chi connectivity index (χ4v) is 3.29. The van der Waals surface area contributed by atoms with Crippen LogP contribution in [-0.4, -0.2) is 28.2 Å². The van der Waals surface area contributed by atoms with E-state index in [0.717, 1.165) is 24.1 Å². The number of amides is 2. The summed E-state index contributed by atoms with van der Waals surface area (Å²) in [5.41, 5.74) is 2.17. The maximum absolute atomic E-state index is 12.0. The molecule has 1 aliphatic heterocycles. The van der Waals surface area contributed by atoms with E-state index in [1.54, 1.807) is 17.7 Å². The lowest BCUT2D eigenvalue weighted by molar-refractivity contribution is -0.00178. The van der Waals surface area contributed by atoms with E-state index >= 15 is 0 Å². The first-order chi connectivity index (χ1) is 10.7. The van der Waals surface area contributed by atoms with Crippen LogP contribution in [0.15, 0.2) is 29.4 Å². The Kier molecular flexibility index (Phi) is 4.74. The van der Waals surface area contributed by atoms with Crippen molar-refractivity contribution in [1.82, 2.24) is 20.2 Å². The van der Waals surface area contributed by atoms with E-state index in [-0.39, 0.29) is 18.2 Å². The molecule has 2 aromatic heterocycles. The number of carbonyl (C=O) groups is 1. The number of rotatable bonds is 4. The average Bonchev–Trinajstić information content (AvgIpc) is 3.16. The Balaban J connectivity index is 1.49. The smallest absolute Gasteiger partial charge is 0.315 e. The third kappa shape index (κ3) is 3.66. The van der Waals surface area contributed by atoms with Gasteiger partial charge in [-0.3, -0.25) is 0 Å². The molecule has 3 heterocycles. The minimum atomic E-state index is -0.123. The highest BCUT2D eigenvalue weighted by atomic mass is 32.1. The summed E-state index contributed by atoms with van der Waals surface area (Å²) in [6, 6.07) is 2.01. The molecule has 3 rings (SSSR count). The highest BCUT2D eigenvalue weighted by Crippen LogP contribution is 2.27. The van der Waals surface area contributed by atoms with Gasteiger partial charge >= 0.3 is 6.03 Å². The van der Waals surface area contributed by atoms with Gasteiger partial charge in [0.1, 0.15) is 6.10 Å². The summed E-state index contributed by atoms with van der Waals surface area (Å²) in [5, 5.41) is 9.97. The first-order valence-corrected chi connectivity index (χ1v) is 8.30. The van der Waals surface area contributed by atoms with Gasteiger partial charge in [-0.1, -0.05) is 0 Å². The Bertz CT molecular complexity index is 611. The zero-order valence-corrected chi connectivity index (χ0v) is 13.3. The fourth-order valence-electron chi connectivity index (χ4n) is 2.62. The van der Waals surface area contributed by atoms with E-state index in [9.17, 15) is 4.79 Å². The molecule has 2 atom stereocenters. The molecule has 0 bridgehead atoms. The van der Waals surface area contributed by atoms with Crippen LogP contribution in [0.5, 0.6) is 0 Å². The molecule has 6 nitrogen and oxygen atoms in total. The minimum Gasteiger partial charge on any atom is -0.372 e. The van der Waals surface area contributed by atoms with Crippen LogP contribution in [0.2, 0.25) is 0 Å². The molecule has 0 spiro atoms. The van der Waals surface area contributed by atoms with Crippen LogP contribution in [0.1, 0.15) is 30.2 Å². The van der Waals surface area contributed by atoms with Crippen molar-refractivity contribution in [2.24, 2.45) is 7.05 Å². The van der Waals surface area contributed by atoms with Crippen molar-refractivity contribution < 1.29 is 9.53 Å². The molecule has 2 N–H and O–H groups in total. The molecule has 0 radical (unpaired) electrons. The van der Waals surface area contributed by atoms with Gasteiger partial charge < -0.3 is 19.9 Å². The molecule has 0 aromatic carbocycles. The summed E-state index contributed by atoms with van der Waals surface area (Å²) >= 11 is 1.63. The van der Waals surface area contributed by atoms with Gasteiger partial charge in [0.05, 0.1) is 18.2 Å². The Hall–Kier alpha value is -1.86. The number of nitrogens with zero attached hydrogens (tertiary/aromatic N) is 2. The molecular formula is C15H20N4O2S. The first-order valence-electron chi connectivity index (χ1n) is 7.35. The molecule has 1 aliphatic rings. The monoisotopic (exact) mass is 320 g/mol. The van der Waals surface area contributed by atoms with Crippen molar-refractivity contribution in [1.29, 1.82) is 0 Å². The Morgan fingerprint density at radius 1 is 1.59 bits per heavy atom. The quantitative estimate of drug-likeness (QED) is 0.907. The first kappa shape index (κ1) is 15.1. The largest absolute Gasteiger partial charge is 0.372 e. The number of ether oxygens (including phenoxy) is 1. The van der Waals surface area contributed by atoms with Crippen molar-refractivity contribution in [3.63, 3.8) is 0 Å². The molecule has 0 unspecified atom stereocenters. The van der Waals surface area contributed by atoms with Crippen molar-refractivity contribution >= 4 is 17.4 Å². The van der Waals surface area contributed by atoms with Crippen molar-refractivity contribution in [2.45, 2.75) is 31.5 Å². The molecule has 1 fully saturated rings. The zero-order valence-electron chi connectivity index (χ0n) is 12.5. The number of nitrogens with one attached hydrogen (secondary N) is 2. The van der Waals surface area contributed by atoms with Crippen LogP contribution in [0.3, 0.4) is 0 Å². The highest BCUT2D eigenvalue weighted by Gasteiger charge is 2.26. The number of imidazole rings is 1. The lowest BCUT2D eigenvalue weighted by Crippen LogP contribution is -2.44. The second-order valence-corrected chi connectivity index (χ2v) is 6.25. The standard InChI is InChI=1S/C15H20N4O2S/c1-19-10-16-8-13(19)14-6-12(2-4-21-14)18-15(20)17-7-11-3-5-22-9-11/h3,5,8-10,12,14H,2,4,6-7H2,1H3,(H2,17,18,20)/t12-,14-/m0/s1. The summed E-state index contributed by atoms with van der Waals surface area (Å²) in [6.45, 7) is 1.20. The van der Waals surface area contributed by atoms with E-state index in [1.165, 1.54) is 0 Å². The van der Waals surface area contributed by atoms with E-state index in [4.69, 9.17) is 4.74 Å². The maximum atomic E-state index is 12.0. The summed E-state index contributed by atoms with van der Waals surface area (Å²) in [5.74, 6) is 0. The molecule has 7 heteroatoms. The predicted molar refractivity (Wildman–Crippen MR) is 84.6 cm³/mol. The minimum absolute atomic E-state index is 0.0107. The van der Waals surface area contributed by atoms with Gasteiger partial charge in [0.15, 0.2) is 0 Å². The van der Waals surface area contributed by atoms with E-state index in [1.807, 2.05) is 34.6 Å². The van der Waals surface area contributed by atoms with Crippen molar-refractivity contribution in [3.8, 4) is 0 Å². The van der Waals surface area contributed by atoms with Crippen molar-refractivity contribution in [2.75, 3.05) is 6.61 Å². The molecule has 2 aromatic rings. The van der Waals surface area contributed by atoms with Gasteiger partial charge in [-0.15, -0.1) is 0 Å². The highest BCUT2D eigenvalue weighted by molar-refractivity contribution is 7.07. The Morgan fingerprint density at radius 3 is 3.23 bits per heavy atom. The molecule has 1 saturated heterocycles. The van der Waals surface area contributed by atoms with Gasteiger partial charge in [0.2, 0.25) is 0 Å². The number of hydrogen-bond acceptors (Lipinski definition) is 4. The second kappa shape index (κ2) is 6.93. The van der Waals surface area contributed by atoms with E-state index in [2.05, 4.69) is 15.6 Å². The van der Waals surface area contributed by atoms with Crippen LogP contribution in [0.25, 0.3) is 0 Å². The van der Waals surface area contributed by atoms with Crippen LogP contribution >= 0.6 is 11.3 Å². The summed E-state index contributed by atoms with van der Waals surface area (Å²) in [4.78, 5) is 16.1. The number of aryl methyl sites for hydroxylation is 1. The molecule has 118 valence electrons. The predicted octanol–water partition coefficient (Wildman–Crippen LogP) is 2.20. The van der Waals surface area contributed by atoms with Crippen LogP contribution in [0, 0.1) is 0 Å². The van der Waals surface area contributed by atoms with Gasteiger partial charge in [-0.05, 0) is 35.2 Å². The summed E-state index contributed by atoms with van der Waals surface area (Å²) < 4.78 is 7.76. The second-order valence-electron chi connectivity index (χ2n) is 5.47. The molecule has 0 saturated carbocycles. The molecular weight excluding hydrogens is 300 g/mol. The van der Waals surface area contributed by atoms with Crippen LogP contribution in [-0.2, 0) is 18.3 Å². The van der Waals surface area contributed by atoms with Gasteiger partial charge in [-0.2, -0.15) is 11.3 Å². The van der Waals surface area contributed by atoms with Crippen LogP contribution in [0.4, 0.5) is 4.79 Å². The van der Waals surface area contributed by atoms with E-state index < -0.39 is 0 Å². The Morgan fingerprint density at radius 2 is 2.50 bits per heavy atom. The number of aromatic nitrogens is 2. The summed E-state index contributed by atoms with van der Waals surface area (Å²) in [7, 11) is 1.95. The normalized spacial score (nSPS) is 21.5. The summed E-state index contributed by atoms with van der Waals surface area (Å²) in [6.07, 6.45) is 5.18. The topological polar surface area (TPSA) is 68.2 Å². The van der Waals surface area contributed by atoms with Crippen molar-refractivity contribution in [3.05, 3.63) is 40.6 Å². The number of carbonyl (C=O) groups excluding carboxylic acids is 1. The lowest BCUT2D eigenvalue weighted by Gasteiger charge is -2.30. The van der Waals surface area contributed by atoms with E-state index in [0.29, 0.717) is 13.2 Å². The van der Waals surface area contributed by atoms with Gasteiger partial charge in [0.25, 0.3) is 0 Å². The maximum Gasteiger partial charge on any atom is 0.315 e. The van der Waals surface area contributed by atoms with Crippen LogP contribution < -0.4 is 10.6 Å². The molecule has 0 aliphatic carbocycles. The molecule has 22 heavy (non-hydrogen) atoms. The number of hydrogen-bond donors (Lipinski definition) is 2. The third-order valence-electron chi connectivity index (χ3n) is 3.84. The zero-order chi connectivity index (χ0) is 15.4. The Labute approximate surface area is 133 Å². The number of thiophene rings is 1. The lowest BCUT2D eigenvalue weighted by atomic mass is 10.0.